The number of anilines is 4. The molecule has 0 spiro atoms. The summed E-state index contributed by atoms with van der Waals surface area (Å²) >= 11 is 0. The van der Waals surface area contributed by atoms with Crippen LogP contribution in [-0.2, 0) is 9.59 Å². The van der Waals surface area contributed by atoms with Gasteiger partial charge in [0, 0.05) is 89.2 Å². The first-order valence-electron chi connectivity index (χ1n) is 23.9. The largest absolute Gasteiger partial charge is 0.370 e. The first-order valence-corrected chi connectivity index (χ1v) is 19.9. The summed E-state index contributed by atoms with van der Waals surface area (Å²) in [5.74, 6) is -8.41. The van der Waals surface area contributed by atoms with E-state index in [9.17, 15) is 24.0 Å². The summed E-state index contributed by atoms with van der Waals surface area (Å²) in [5, 5.41) is 5.85. The van der Waals surface area contributed by atoms with E-state index in [1.807, 2.05) is 26.9 Å². The Kier molecular flexibility index (Phi) is 8.17. The van der Waals surface area contributed by atoms with E-state index in [1.165, 1.54) is 4.90 Å². The number of pyridine rings is 1. The Balaban J connectivity index is 0.892. The molecule has 1 unspecified atom stereocenters. The van der Waals surface area contributed by atoms with Crippen LogP contribution in [0.3, 0.4) is 0 Å². The lowest BCUT2D eigenvalue weighted by Gasteiger charge is -2.40. The van der Waals surface area contributed by atoms with E-state index < -0.39 is 96.6 Å². The molecular formula is C42H47F2N11O5. The highest BCUT2D eigenvalue weighted by Gasteiger charge is 2.47. The van der Waals surface area contributed by atoms with Gasteiger partial charge in [0.2, 0.25) is 17.8 Å². The second kappa shape index (κ2) is 15.9. The fraction of sp³-hybridized carbons (Fsp3) is 0.476. The average molecular weight is 832 g/mol. The van der Waals surface area contributed by atoms with Crippen molar-refractivity contribution in [2.45, 2.75) is 63.5 Å². The number of hydrogen-bond acceptors (Lipinski definition) is 12. The fourth-order valence-corrected chi connectivity index (χ4v) is 8.58. The van der Waals surface area contributed by atoms with Crippen molar-refractivity contribution in [3.05, 3.63) is 65.1 Å². The molecule has 18 heteroatoms. The molecule has 3 saturated heterocycles. The minimum absolute atomic E-state index is 0.120. The van der Waals surface area contributed by atoms with Crippen molar-refractivity contribution >= 4 is 63.7 Å². The van der Waals surface area contributed by atoms with Gasteiger partial charge in [0.1, 0.15) is 23.2 Å². The second-order valence-electron chi connectivity index (χ2n) is 15.8. The molecule has 4 aromatic rings. The van der Waals surface area contributed by atoms with Crippen LogP contribution in [0, 0.1) is 17.6 Å². The van der Waals surface area contributed by atoms with Gasteiger partial charge in [-0.2, -0.15) is 4.98 Å². The minimum Gasteiger partial charge on any atom is -0.370 e. The molecule has 1 aliphatic carbocycles. The number of fused-ring (bicyclic) bond motifs is 2. The first kappa shape index (κ1) is 30.9. The number of carbonyl (C=O) groups is 5. The van der Waals surface area contributed by atoms with Gasteiger partial charge < -0.3 is 24.6 Å². The van der Waals surface area contributed by atoms with Gasteiger partial charge in [-0.05, 0) is 62.3 Å². The lowest BCUT2D eigenvalue weighted by atomic mass is 9.95. The number of hydrogen-bond donors (Lipinski definition) is 2. The summed E-state index contributed by atoms with van der Waals surface area (Å²) in [7, 11) is 3.42. The molecule has 1 aromatic carbocycles. The molecule has 16 nitrogen and oxygen atoms in total. The van der Waals surface area contributed by atoms with E-state index in [0.717, 1.165) is 36.8 Å². The van der Waals surface area contributed by atoms with Gasteiger partial charge in [-0.3, -0.25) is 39.1 Å². The molecule has 7 heterocycles. The monoisotopic (exact) mass is 831 g/mol. The molecule has 1 saturated carbocycles. The highest BCUT2D eigenvalue weighted by atomic mass is 19.2. The highest BCUT2D eigenvalue weighted by Crippen LogP contribution is 2.37. The molecule has 5 aliphatic rings. The van der Waals surface area contributed by atoms with Crippen LogP contribution in [0.15, 0.2) is 36.7 Å². The summed E-state index contributed by atoms with van der Waals surface area (Å²) in [5.41, 5.74) is -1.45. The quantitative estimate of drug-likeness (QED) is 0.232. The number of rotatable bonds is 9. The van der Waals surface area contributed by atoms with Gasteiger partial charge >= 0.3 is 0 Å². The Bertz CT molecular complexity index is 2740. The van der Waals surface area contributed by atoms with Gasteiger partial charge in [0.15, 0.2) is 11.6 Å². The van der Waals surface area contributed by atoms with E-state index in [1.54, 1.807) is 32.6 Å². The van der Waals surface area contributed by atoms with Crippen LogP contribution in [0.5, 0.6) is 0 Å². The zero-order valence-electron chi connectivity index (χ0n) is 40.8. The molecule has 9 rings (SSSR count). The van der Waals surface area contributed by atoms with E-state index in [0.29, 0.717) is 64.9 Å². The van der Waals surface area contributed by atoms with Crippen LogP contribution in [0.2, 0.25) is 0 Å². The Morgan fingerprint density at radius 2 is 1.67 bits per heavy atom. The van der Waals surface area contributed by atoms with Crippen molar-refractivity contribution in [1.82, 2.24) is 39.5 Å². The summed E-state index contributed by atoms with van der Waals surface area (Å²) < 4.78 is 106. The van der Waals surface area contributed by atoms with Crippen molar-refractivity contribution in [3.8, 4) is 0 Å². The van der Waals surface area contributed by atoms with E-state index in [2.05, 4.69) is 15.3 Å². The van der Waals surface area contributed by atoms with E-state index in [-0.39, 0.29) is 29.7 Å². The predicted molar refractivity (Wildman–Crippen MR) is 217 cm³/mol. The van der Waals surface area contributed by atoms with Crippen molar-refractivity contribution < 1.29 is 43.7 Å². The van der Waals surface area contributed by atoms with Crippen LogP contribution in [0.25, 0.3) is 11.0 Å². The maximum Gasteiger partial charge on any atom is 0.270 e. The molecule has 5 amide bonds. The third-order valence-corrected chi connectivity index (χ3v) is 11.7. The number of imide groups is 2. The molecular weight excluding hydrogens is 777 g/mol. The Morgan fingerprint density at radius 1 is 0.917 bits per heavy atom. The normalized spacial score (nSPS) is 26.0. The predicted octanol–water partition coefficient (Wildman–Crippen LogP) is 4.10. The summed E-state index contributed by atoms with van der Waals surface area (Å²) in [6, 6.07) is 4.42. The molecule has 60 heavy (non-hydrogen) atoms. The molecule has 4 aliphatic heterocycles. The molecule has 4 fully saturated rings. The number of aromatic nitrogens is 4. The molecule has 1 atom stereocenters. The second-order valence-corrected chi connectivity index (χ2v) is 15.8. The summed E-state index contributed by atoms with van der Waals surface area (Å²) in [6.07, 6.45) is 7.41. The Hall–Kier alpha value is -6.04. The maximum absolute atomic E-state index is 16.1. The zero-order valence-corrected chi connectivity index (χ0v) is 32.8. The molecule has 0 bridgehead atoms. The molecule has 314 valence electrons. The SMILES string of the molecule is [2H]C1([2H])N(CC2CCN(c3ccc(Nc4ncc5cc(C(=O)N(C)C)n(C6CCCC6)c5n4)nc3)CC2)C([2H])([2H])C([2H])([2H])N(c2cc3c(c(F)c2F)C(=O)N(C2CCC(=O)NC2=O)C3=O)C1([2H])[2H]. The summed E-state index contributed by atoms with van der Waals surface area (Å²) in [4.78, 5) is 82.1. The molecule has 0 radical (unpaired) electrons. The number of halogens is 2. The van der Waals surface area contributed by atoms with Crippen LogP contribution < -0.4 is 20.4 Å². The third-order valence-electron chi connectivity index (χ3n) is 11.7. The van der Waals surface area contributed by atoms with Crippen molar-refractivity contribution in [2.75, 3.05) is 74.8 Å². The third kappa shape index (κ3) is 7.19. The molecule has 3 aromatic heterocycles. The van der Waals surface area contributed by atoms with Crippen LogP contribution in [-0.4, -0.2) is 130 Å². The molecule has 2 N–H and O–H groups in total. The number of benzene rings is 1. The standard InChI is InChI=1S/C42H47F2N11O5/c1-50(2)40(59)31-19-25-21-46-42(49-37(25)54(31)26-5-3-4-6-26)47-32-9-7-27(22-45-32)52-13-11-24(12-14-52)23-51-15-17-53(18-16-51)30-20-28-34(36(44)35(30)43)41(60)55(39(28)58)29-8-10-33(56)48-38(29)57/h7,9,19-22,24,26,29H,3-6,8,10-18,23H2,1-2H3,(H,48,56,57)(H,45,46,47,49)/i15D2,16D2,17D2,18D2. The van der Waals surface area contributed by atoms with Gasteiger partial charge in [0.05, 0.1) is 34.2 Å². The number of nitrogens with zero attached hydrogens (tertiary/aromatic N) is 9. The Morgan fingerprint density at radius 3 is 2.35 bits per heavy atom. The summed E-state index contributed by atoms with van der Waals surface area (Å²) in [6.45, 7) is -13.8. The van der Waals surface area contributed by atoms with Crippen molar-refractivity contribution in [1.29, 1.82) is 0 Å². The van der Waals surface area contributed by atoms with Crippen LogP contribution in [0.4, 0.5) is 31.9 Å². The topological polar surface area (TPSA) is 169 Å². The lowest BCUT2D eigenvalue weighted by molar-refractivity contribution is -0.136. The highest BCUT2D eigenvalue weighted by molar-refractivity contribution is 6.24. The lowest BCUT2D eigenvalue weighted by Crippen LogP contribution is -2.54. The number of carbonyl (C=O) groups excluding carboxylic acids is 5. The minimum atomic E-state index is -3.65. The first-order chi connectivity index (χ1) is 32.0. The smallest absolute Gasteiger partial charge is 0.270 e. The number of amides is 5. The van der Waals surface area contributed by atoms with Gasteiger partial charge in [-0.15, -0.1) is 0 Å². The van der Waals surface area contributed by atoms with Crippen LogP contribution in [0.1, 0.15) is 99.6 Å². The van der Waals surface area contributed by atoms with Gasteiger partial charge in [0.25, 0.3) is 17.7 Å². The number of nitrogens with one attached hydrogen (secondary N) is 2. The fourth-order valence-electron chi connectivity index (χ4n) is 8.58. The van der Waals surface area contributed by atoms with Gasteiger partial charge in [-0.25, -0.2) is 18.7 Å². The van der Waals surface area contributed by atoms with Gasteiger partial charge in [-0.1, -0.05) is 12.8 Å². The van der Waals surface area contributed by atoms with Crippen molar-refractivity contribution in [2.24, 2.45) is 5.92 Å². The van der Waals surface area contributed by atoms with E-state index in [4.69, 9.17) is 16.0 Å². The van der Waals surface area contributed by atoms with Crippen molar-refractivity contribution in [3.63, 3.8) is 0 Å². The average Bonchev–Trinajstić information content (AvgIpc) is 4.01. The Labute approximate surface area is 356 Å². The van der Waals surface area contributed by atoms with Crippen LogP contribution >= 0.6 is 0 Å². The maximum atomic E-state index is 16.1. The van der Waals surface area contributed by atoms with E-state index >= 15 is 8.78 Å². The number of piperazine rings is 1. The number of piperidine rings is 2. The zero-order chi connectivity index (χ0) is 49.0.